The van der Waals surface area contributed by atoms with Crippen LogP contribution in [0.15, 0.2) is 60.1 Å². The van der Waals surface area contributed by atoms with Gasteiger partial charge in [0.1, 0.15) is 0 Å². The molecule has 0 spiro atoms. The molecule has 1 N–H and O–H groups in total. The number of nitrogens with one attached hydrogen (secondary N) is 1. The normalized spacial score (nSPS) is 14.7. The molecule has 3 nitrogen and oxygen atoms in total. The fraction of sp³-hybridized carbons (Fsp3) is 0. The van der Waals surface area contributed by atoms with Gasteiger partial charge in [-0.15, -0.1) is 0 Å². The Bertz CT molecular complexity index is 629. The second kappa shape index (κ2) is 6.20. The summed E-state index contributed by atoms with van der Waals surface area (Å²) in [7, 11) is 3.33. The van der Waals surface area contributed by atoms with E-state index < -0.39 is 0 Å². The summed E-state index contributed by atoms with van der Waals surface area (Å²) in [6, 6.07) is 13.9. The largest absolute Gasteiger partial charge is 0.327 e. The molecular formula is C16H11NO2S2. The smallest absolute Gasteiger partial charge is 0.194 e. The van der Waals surface area contributed by atoms with Gasteiger partial charge in [0.25, 0.3) is 0 Å². The summed E-state index contributed by atoms with van der Waals surface area (Å²) in [5, 5.41) is 2.00. The molecule has 0 bridgehead atoms. The van der Waals surface area contributed by atoms with Crippen LogP contribution in [0.25, 0.3) is 0 Å². The van der Waals surface area contributed by atoms with E-state index in [-0.39, 0.29) is 11.6 Å². The summed E-state index contributed by atoms with van der Waals surface area (Å²) in [6.45, 7) is 0. The number of rotatable bonds is 0. The molecule has 2 aromatic rings. The zero-order chi connectivity index (χ0) is 14.7. The van der Waals surface area contributed by atoms with Crippen LogP contribution in [-0.2, 0) is 0 Å². The summed E-state index contributed by atoms with van der Waals surface area (Å²) in [5.74, 6) is -0.128. The molecule has 0 fully saturated rings. The van der Waals surface area contributed by atoms with Crippen molar-refractivity contribution in [1.82, 2.24) is 4.72 Å². The van der Waals surface area contributed by atoms with E-state index in [1.807, 2.05) is 11.6 Å². The highest BCUT2D eigenvalue weighted by Crippen LogP contribution is 2.26. The molecule has 0 saturated carbocycles. The SMILES string of the molecule is C1=CSSN1.O=C1c2ccccc2C(=O)c2ccccc21. The quantitative estimate of drug-likeness (QED) is 0.505. The topological polar surface area (TPSA) is 46.2 Å². The molecule has 104 valence electrons. The number of carbonyl (C=O) groups is 2. The van der Waals surface area contributed by atoms with E-state index in [1.54, 1.807) is 70.3 Å². The highest BCUT2D eigenvalue weighted by molar-refractivity contribution is 8.77. The average Bonchev–Trinajstić information content (AvgIpc) is 3.12. The summed E-state index contributed by atoms with van der Waals surface area (Å²) in [6.07, 6.45) is 1.91. The second-order valence-corrected chi connectivity index (χ2v) is 6.29. The van der Waals surface area contributed by atoms with Gasteiger partial charge in [0.15, 0.2) is 11.6 Å². The minimum absolute atomic E-state index is 0.0641. The van der Waals surface area contributed by atoms with Gasteiger partial charge in [-0.3, -0.25) is 9.59 Å². The Morgan fingerprint density at radius 1 is 0.714 bits per heavy atom. The highest BCUT2D eigenvalue weighted by Gasteiger charge is 2.28. The van der Waals surface area contributed by atoms with Crippen LogP contribution in [0.1, 0.15) is 31.8 Å². The van der Waals surface area contributed by atoms with E-state index in [9.17, 15) is 9.59 Å². The Hall–Kier alpha value is -1.98. The summed E-state index contributed by atoms with van der Waals surface area (Å²) < 4.78 is 2.92. The molecule has 2 aromatic carbocycles. The maximum atomic E-state index is 12.1. The third-order valence-electron chi connectivity index (χ3n) is 3.12. The number of ketones is 2. The zero-order valence-electron chi connectivity index (χ0n) is 10.9. The Morgan fingerprint density at radius 3 is 1.38 bits per heavy atom. The standard InChI is InChI=1S/C14H8O2.C2H3NS2/c15-13-9-5-1-2-6-10(9)14(16)12-8-4-3-7-11(12)13;1-2-4-5-3-1/h1-8H;1-3H. The van der Waals surface area contributed by atoms with E-state index in [2.05, 4.69) is 4.72 Å². The molecule has 0 saturated heterocycles. The summed E-state index contributed by atoms with van der Waals surface area (Å²) in [5.41, 5.74) is 2.02. The van der Waals surface area contributed by atoms with Gasteiger partial charge in [0, 0.05) is 44.8 Å². The molecule has 2 aliphatic rings. The van der Waals surface area contributed by atoms with Gasteiger partial charge in [-0.1, -0.05) is 48.5 Å². The molecular weight excluding hydrogens is 302 g/mol. The van der Waals surface area contributed by atoms with Crippen LogP contribution in [0.5, 0.6) is 0 Å². The Balaban J connectivity index is 0.000000225. The highest BCUT2D eigenvalue weighted by atomic mass is 33.1. The van der Waals surface area contributed by atoms with Crippen molar-refractivity contribution >= 4 is 33.3 Å². The Morgan fingerprint density at radius 2 is 1.14 bits per heavy atom. The van der Waals surface area contributed by atoms with Crippen LogP contribution in [0.3, 0.4) is 0 Å². The number of fused-ring (bicyclic) bond motifs is 2. The molecule has 1 aliphatic carbocycles. The molecule has 4 rings (SSSR count). The van der Waals surface area contributed by atoms with Crippen molar-refractivity contribution in [1.29, 1.82) is 0 Å². The minimum atomic E-state index is -0.0641. The predicted octanol–water partition coefficient (Wildman–Crippen LogP) is 3.82. The predicted molar refractivity (Wildman–Crippen MR) is 87.2 cm³/mol. The summed E-state index contributed by atoms with van der Waals surface area (Å²) in [4.78, 5) is 24.2. The van der Waals surface area contributed by atoms with E-state index >= 15 is 0 Å². The van der Waals surface area contributed by atoms with Crippen molar-refractivity contribution < 1.29 is 9.59 Å². The second-order valence-electron chi connectivity index (χ2n) is 4.35. The number of carbonyl (C=O) groups excluding carboxylic acids is 2. The fourth-order valence-corrected chi connectivity index (χ4v) is 3.30. The van der Waals surface area contributed by atoms with E-state index in [0.29, 0.717) is 22.3 Å². The average molecular weight is 313 g/mol. The van der Waals surface area contributed by atoms with Crippen molar-refractivity contribution in [2.45, 2.75) is 0 Å². The lowest BCUT2D eigenvalue weighted by Crippen LogP contribution is -2.20. The first-order valence-corrected chi connectivity index (χ1v) is 8.50. The first kappa shape index (κ1) is 14.0. The van der Waals surface area contributed by atoms with Gasteiger partial charge in [0.2, 0.25) is 0 Å². The fourth-order valence-electron chi connectivity index (χ4n) is 2.19. The lowest BCUT2D eigenvalue weighted by atomic mass is 9.84. The first-order valence-electron chi connectivity index (χ1n) is 6.29. The van der Waals surface area contributed by atoms with E-state index in [1.165, 1.54) is 0 Å². The van der Waals surface area contributed by atoms with Crippen molar-refractivity contribution in [3.8, 4) is 0 Å². The molecule has 0 aromatic heterocycles. The molecule has 0 atom stereocenters. The first-order chi connectivity index (χ1) is 10.3. The maximum Gasteiger partial charge on any atom is 0.194 e. The number of hydrogen-bond donors (Lipinski definition) is 1. The van der Waals surface area contributed by atoms with Crippen LogP contribution in [0, 0.1) is 0 Å². The van der Waals surface area contributed by atoms with Crippen molar-refractivity contribution in [2.24, 2.45) is 0 Å². The van der Waals surface area contributed by atoms with Crippen molar-refractivity contribution in [3.05, 3.63) is 82.4 Å². The lowest BCUT2D eigenvalue weighted by Gasteiger charge is -2.16. The molecule has 1 heterocycles. The third kappa shape index (κ3) is 2.75. The molecule has 0 radical (unpaired) electrons. The minimum Gasteiger partial charge on any atom is -0.327 e. The summed E-state index contributed by atoms with van der Waals surface area (Å²) >= 11 is 0. The van der Waals surface area contributed by atoms with Crippen LogP contribution in [-0.4, -0.2) is 11.6 Å². The van der Waals surface area contributed by atoms with Crippen LogP contribution < -0.4 is 4.72 Å². The molecule has 1 aliphatic heterocycles. The van der Waals surface area contributed by atoms with Gasteiger partial charge in [-0.25, -0.2) is 0 Å². The Labute approximate surface area is 130 Å². The number of benzene rings is 2. The van der Waals surface area contributed by atoms with E-state index in [4.69, 9.17) is 0 Å². The number of hydrogen-bond acceptors (Lipinski definition) is 5. The third-order valence-corrected chi connectivity index (χ3v) is 4.61. The molecule has 5 heteroatoms. The van der Waals surface area contributed by atoms with Gasteiger partial charge in [-0.05, 0) is 10.8 Å². The van der Waals surface area contributed by atoms with Gasteiger partial charge >= 0.3 is 0 Å². The zero-order valence-corrected chi connectivity index (χ0v) is 12.5. The van der Waals surface area contributed by atoms with Gasteiger partial charge in [-0.2, -0.15) is 0 Å². The Kier molecular flexibility index (Phi) is 4.13. The van der Waals surface area contributed by atoms with E-state index in [0.717, 1.165) is 0 Å². The van der Waals surface area contributed by atoms with Crippen molar-refractivity contribution in [2.75, 3.05) is 0 Å². The van der Waals surface area contributed by atoms with Crippen LogP contribution in [0.4, 0.5) is 0 Å². The molecule has 0 unspecified atom stereocenters. The molecule has 21 heavy (non-hydrogen) atoms. The van der Waals surface area contributed by atoms with Crippen molar-refractivity contribution in [3.63, 3.8) is 0 Å². The van der Waals surface area contributed by atoms with Gasteiger partial charge in [0.05, 0.1) is 0 Å². The van der Waals surface area contributed by atoms with Gasteiger partial charge < -0.3 is 4.72 Å². The maximum absolute atomic E-state index is 12.1. The lowest BCUT2D eigenvalue weighted by molar-refractivity contribution is 0.0979. The monoisotopic (exact) mass is 313 g/mol. The molecule has 0 amide bonds. The van der Waals surface area contributed by atoms with Crippen LogP contribution >= 0.6 is 21.8 Å². The van der Waals surface area contributed by atoms with Crippen LogP contribution in [0.2, 0.25) is 0 Å².